The largest absolute Gasteiger partial charge is 0.472 e. The number of phosphoric ester groups is 1. The summed E-state index contributed by atoms with van der Waals surface area (Å²) in [5, 5.41) is 102. The smallest absolute Gasteiger partial charge is 0.463 e. The number of phosphoric acid groups is 1. The molecule has 25 nitrogen and oxygen atoms in total. The summed E-state index contributed by atoms with van der Waals surface area (Å²) >= 11 is 0. The highest BCUT2D eigenvalue weighted by molar-refractivity contribution is 7.47. The SMILES string of the molecule is CCCCCC/C=C\CCCCCCCCCC(=O)OCC1OC(OC2C(OC(=O)CCCCCCCCCCCCCCCCCC)C(O)C(O)C(OC3OC(CO)C(O)C(O)C3O)C2OP(=O)(O)OCC(COC(=O)CCCCCCCCCCCCCCCCC)OC(=O)CCCCCCCCCCCCCCCCCC)C(O)C(O)C1O. The fourth-order valence-corrected chi connectivity index (χ4v) is 17.4. The maximum atomic E-state index is 14.9. The van der Waals surface area contributed by atoms with Gasteiger partial charge >= 0.3 is 31.7 Å². The molecule has 18 unspecified atom stereocenters. The molecule has 3 aliphatic rings. The number of aliphatic hydroxyl groups is 9. The van der Waals surface area contributed by atoms with Crippen LogP contribution in [0.2, 0.25) is 0 Å². The first-order chi connectivity index (χ1) is 58.7. The molecule has 0 amide bonds. The molecule has 3 fully saturated rings. The number of ether oxygens (including phenoxy) is 8. The zero-order valence-electron chi connectivity index (χ0n) is 76.1. The third-order valence-corrected chi connectivity index (χ3v) is 25.3. The summed E-state index contributed by atoms with van der Waals surface area (Å²) in [5.41, 5.74) is 0. The molecule has 0 bridgehead atoms. The number of carbonyl (C=O) groups is 4. The first-order valence-corrected chi connectivity index (χ1v) is 50.9. The summed E-state index contributed by atoms with van der Waals surface area (Å²) in [6, 6.07) is 0. The van der Waals surface area contributed by atoms with Crippen molar-refractivity contribution < 1.29 is 122 Å². The Morgan fingerprint density at radius 2 is 0.620 bits per heavy atom. The molecule has 0 spiro atoms. The molecule has 10 N–H and O–H groups in total. The van der Waals surface area contributed by atoms with Crippen LogP contribution in [0.3, 0.4) is 0 Å². The Morgan fingerprint density at radius 3 is 0.992 bits per heavy atom. The molecule has 2 aliphatic heterocycles. The summed E-state index contributed by atoms with van der Waals surface area (Å²) < 4.78 is 73.6. The number of carbonyl (C=O) groups excluding carboxylic acids is 4. The van der Waals surface area contributed by atoms with Crippen LogP contribution in [-0.4, -0.2) is 205 Å². The molecule has 0 radical (unpaired) electrons. The number of allylic oxidation sites excluding steroid dienone is 2. The summed E-state index contributed by atoms with van der Waals surface area (Å²) in [6.07, 6.45) is 34.5. The van der Waals surface area contributed by atoms with E-state index in [1.807, 2.05) is 0 Å². The lowest BCUT2D eigenvalue weighted by Gasteiger charge is -2.50. The van der Waals surface area contributed by atoms with E-state index in [1.165, 1.54) is 205 Å². The van der Waals surface area contributed by atoms with Gasteiger partial charge < -0.3 is 88.7 Å². The van der Waals surface area contributed by atoms with Crippen LogP contribution in [0.5, 0.6) is 0 Å². The fraction of sp³-hybridized carbons (Fsp3) is 0.937. The lowest BCUT2D eigenvalue weighted by Crippen LogP contribution is -2.70. The molecule has 2 heterocycles. The van der Waals surface area contributed by atoms with Crippen LogP contribution < -0.4 is 0 Å². The Hall–Kier alpha value is -2.79. The second-order valence-corrected chi connectivity index (χ2v) is 36.7. The molecular formula is C95H177O25P. The summed E-state index contributed by atoms with van der Waals surface area (Å²) in [6.45, 7) is 5.65. The monoisotopic (exact) mass is 1750 g/mol. The van der Waals surface area contributed by atoms with Crippen molar-refractivity contribution in [3.8, 4) is 0 Å². The Kier molecular flexibility index (Phi) is 68.8. The van der Waals surface area contributed by atoms with Crippen LogP contribution in [0, 0.1) is 0 Å². The van der Waals surface area contributed by atoms with Gasteiger partial charge in [0.15, 0.2) is 24.8 Å². The molecule has 0 aromatic carbocycles. The van der Waals surface area contributed by atoms with Crippen molar-refractivity contribution in [3.05, 3.63) is 12.2 Å². The van der Waals surface area contributed by atoms with Gasteiger partial charge in [-0.05, 0) is 51.4 Å². The predicted molar refractivity (Wildman–Crippen MR) is 472 cm³/mol. The van der Waals surface area contributed by atoms with E-state index in [4.69, 9.17) is 46.9 Å². The van der Waals surface area contributed by atoms with Crippen molar-refractivity contribution in [2.75, 3.05) is 26.4 Å². The fourth-order valence-electron chi connectivity index (χ4n) is 16.4. The number of unbranched alkanes of at least 4 members (excludes halogenated alkanes) is 55. The average Bonchev–Trinajstić information content (AvgIpc) is 0.753. The summed E-state index contributed by atoms with van der Waals surface area (Å²) in [7, 11) is -5.81. The molecule has 121 heavy (non-hydrogen) atoms. The van der Waals surface area contributed by atoms with Crippen LogP contribution in [0.25, 0.3) is 0 Å². The minimum Gasteiger partial charge on any atom is -0.463 e. The summed E-state index contributed by atoms with van der Waals surface area (Å²) in [5.74, 6) is -2.95. The topological polar surface area (TPSA) is 380 Å². The molecule has 712 valence electrons. The van der Waals surface area contributed by atoms with Gasteiger partial charge in [0.1, 0.15) is 92.6 Å². The van der Waals surface area contributed by atoms with Crippen molar-refractivity contribution in [1.29, 1.82) is 0 Å². The van der Waals surface area contributed by atoms with Gasteiger partial charge in [0.25, 0.3) is 0 Å². The Bertz CT molecular complexity index is 2550. The number of rotatable bonds is 81. The zero-order chi connectivity index (χ0) is 88.2. The highest BCUT2D eigenvalue weighted by atomic mass is 31.2. The Morgan fingerprint density at radius 1 is 0.322 bits per heavy atom. The Balaban J connectivity index is 1.90. The van der Waals surface area contributed by atoms with Crippen LogP contribution >= 0.6 is 7.82 Å². The van der Waals surface area contributed by atoms with E-state index < -0.39 is 162 Å². The van der Waals surface area contributed by atoms with Crippen molar-refractivity contribution in [1.82, 2.24) is 0 Å². The lowest BCUT2D eigenvalue weighted by molar-refractivity contribution is -0.360. The quantitative estimate of drug-likeness (QED) is 0.00889. The second kappa shape index (κ2) is 74.0. The molecular weight excluding hydrogens is 1570 g/mol. The van der Waals surface area contributed by atoms with Crippen LogP contribution in [-0.2, 0) is 70.7 Å². The minimum absolute atomic E-state index is 0.0113. The normalized spacial score (nSPS) is 24.6. The van der Waals surface area contributed by atoms with Gasteiger partial charge in [0.05, 0.1) is 13.2 Å². The van der Waals surface area contributed by atoms with Gasteiger partial charge in [-0.15, -0.1) is 0 Å². The number of esters is 4. The molecule has 0 aromatic rings. The van der Waals surface area contributed by atoms with E-state index in [-0.39, 0.29) is 25.7 Å². The number of hydrogen-bond acceptors (Lipinski definition) is 24. The molecule has 3 rings (SSSR count). The third kappa shape index (κ3) is 53.7. The van der Waals surface area contributed by atoms with E-state index in [9.17, 15) is 74.6 Å². The second-order valence-electron chi connectivity index (χ2n) is 35.3. The Labute approximate surface area is 731 Å². The van der Waals surface area contributed by atoms with Crippen molar-refractivity contribution in [2.24, 2.45) is 0 Å². The molecule has 1 aliphatic carbocycles. The molecule has 2 saturated heterocycles. The predicted octanol–water partition coefficient (Wildman–Crippen LogP) is 19.1. The molecule has 18 atom stereocenters. The van der Waals surface area contributed by atoms with E-state index in [1.54, 1.807) is 0 Å². The highest BCUT2D eigenvalue weighted by Crippen LogP contribution is 2.49. The van der Waals surface area contributed by atoms with E-state index in [0.29, 0.717) is 32.1 Å². The van der Waals surface area contributed by atoms with E-state index in [0.717, 1.165) is 148 Å². The number of aliphatic hydroxyl groups excluding tert-OH is 9. The van der Waals surface area contributed by atoms with Gasteiger partial charge in [-0.2, -0.15) is 0 Å². The molecule has 1 saturated carbocycles. The standard InChI is InChI=1S/C95H177O25P/c1-5-9-13-17-21-25-29-33-37-41-45-49-53-57-61-65-69-80(99)114-75(72-111-78(97)67-63-59-55-51-47-43-39-35-31-27-23-19-15-11-7-3)73-113-121(109,110)120-93-91(118-94-88(107)84(103)82(101)76(71-96)115-94)87(106)86(105)90(117-81(100)70-66-62-58-54-50-46-42-38-34-30-26-22-18-14-10-6-2)92(93)119-95-89(108)85(104)83(102)77(116-95)74-112-79(98)68-64-60-56-52-48-44-40-36-32-28-24-20-16-12-8-4/h28,32,75-77,82-96,101-108H,5-27,29-31,33-74H2,1-4H3,(H,109,110)/b32-28-. The van der Waals surface area contributed by atoms with Gasteiger partial charge in [-0.25, -0.2) is 4.57 Å². The average molecular weight is 1750 g/mol. The van der Waals surface area contributed by atoms with Gasteiger partial charge in [-0.1, -0.05) is 374 Å². The van der Waals surface area contributed by atoms with Crippen molar-refractivity contribution in [3.63, 3.8) is 0 Å². The van der Waals surface area contributed by atoms with Crippen molar-refractivity contribution in [2.45, 2.75) is 543 Å². The van der Waals surface area contributed by atoms with E-state index in [2.05, 4.69) is 39.8 Å². The number of hydrogen-bond donors (Lipinski definition) is 10. The molecule has 0 aromatic heterocycles. The highest BCUT2D eigenvalue weighted by Gasteiger charge is 2.60. The lowest BCUT2D eigenvalue weighted by atomic mass is 9.84. The van der Waals surface area contributed by atoms with Crippen LogP contribution in [0.15, 0.2) is 12.2 Å². The maximum absolute atomic E-state index is 14.9. The van der Waals surface area contributed by atoms with Crippen LogP contribution in [0.4, 0.5) is 0 Å². The zero-order valence-corrected chi connectivity index (χ0v) is 77.0. The van der Waals surface area contributed by atoms with Crippen LogP contribution in [0.1, 0.15) is 439 Å². The first kappa shape index (κ1) is 112. The van der Waals surface area contributed by atoms with Crippen molar-refractivity contribution >= 4 is 31.7 Å². The van der Waals surface area contributed by atoms with E-state index >= 15 is 0 Å². The summed E-state index contributed by atoms with van der Waals surface area (Å²) in [4.78, 5) is 66.6. The first-order valence-electron chi connectivity index (χ1n) is 49.4. The van der Waals surface area contributed by atoms with Gasteiger partial charge in [0, 0.05) is 25.7 Å². The minimum atomic E-state index is -5.81. The third-order valence-electron chi connectivity index (χ3n) is 24.3. The van der Waals surface area contributed by atoms with Gasteiger partial charge in [-0.3, -0.25) is 28.2 Å². The molecule has 26 heteroatoms. The maximum Gasteiger partial charge on any atom is 0.472 e. The van der Waals surface area contributed by atoms with Gasteiger partial charge in [0.2, 0.25) is 0 Å².